The third-order valence-electron chi connectivity index (χ3n) is 2.51. The van der Waals surface area contributed by atoms with Gasteiger partial charge in [-0.1, -0.05) is 5.16 Å². The zero-order valence-electron chi connectivity index (χ0n) is 9.79. The standard InChI is InChI=1S/C12H10N4O3/c17-12(13-5-8-6-14-15-7-8)9-4-11(19-16-9)10-2-1-3-18-10/h1-4,6-7H,5H2,(H,13,17)(H,14,15). The van der Waals surface area contributed by atoms with Crippen LogP contribution in [-0.4, -0.2) is 21.3 Å². The lowest BCUT2D eigenvalue weighted by Gasteiger charge is -1.98. The van der Waals surface area contributed by atoms with Gasteiger partial charge >= 0.3 is 0 Å². The molecule has 0 aliphatic carbocycles. The highest BCUT2D eigenvalue weighted by Gasteiger charge is 2.14. The van der Waals surface area contributed by atoms with E-state index in [0.29, 0.717) is 18.1 Å². The molecule has 3 heterocycles. The highest BCUT2D eigenvalue weighted by molar-refractivity contribution is 5.92. The van der Waals surface area contributed by atoms with Gasteiger partial charge in [0.2, 0.25) is 5.76 Å². The Morgan fingerprint density at radius 2 is 2.37 bits per heavy atom. The number of hydrogen-bond acceptors (Lipinski definition) is 5. The minimum atomic E-state index is -0.317. The molecule has 7 heteroatoms. The highest BCUT2D eigenvalue weighted by atomic mass is 16.5. The number of aromatic nitrogens is 3. The van der Waals surface area contributed by atoms with Gasteiger partial charge < -0.3 is 14.3 Å². The fourth-order valence-corrected chi connectivity index (χ4v) is 1.56. The van der Waals surface area contributed by atoms with E-state index in [2.05, 4.69) is 20.7 Å². The number of furan rings is 1. The molecule has 0 radical (unpaired) electrons. The van der Waals surface area contributed by atoms with Crippen LogP contribution in [0.25, 0.3) is 11.5 Å². The maximum atomic E-state index is 11.8. The predicted molar refractivity (Wildman–Crippen MR) is 64.0 cm³/mol. The molecular formula is C12H10N4O3. The van der Waals surface area contributed by atoms with Crippen LogP contribution in [0.5, 0.6) is 0 Å². The Morgan fingerprint density at radius 1 is 1.42 bits per heavy atom. The van der Waals surface area contributed by atoms with Crippen molar-refractivity contribution in [1.82, 2.24) is 20.7 Å². The Morgan fingerprint density at radius 3 is 3.11 bits per heavy atom. The van der Waals surface area contributed by atoms with Gasteiger partial charge in [0.25, 0.3) is 5.91 Å². The first-order valence-corrected chi connectivity index (χ1v) is 5.59. The third-order valence-corrected chi connectivity index (χ3v) is 2.51. The molecule has 2 N–H and O–H groups in total. The second-order valence-corrected chi connectivity index (χ2v) is 3.84. The maximum absolute atomic E-state index is 11.8. The number of nitrogens with zero attached hydrogens (tertiary/aromatic N) is 2. The first kappa shape index (κ1) is 11.3. The van der Waals surface area contributed by atoms with Crippen LogP contribution in [-0.2, 0) is 6.54 Å². The Labute approximate surface area is 107 Å². The summed E-state index contributed by atoms with van der Waals surface area (Å²) in [5, 5.41) is 12.9. The average molecular weight is 258 g/mol. The number of carbonyl (C=O) groups is 1. The summed E-state index contributed by atoms with van der Waals surface area (Å²) in [6.07, 6.45) is 4.87. The van der Waals surface area contributed by atoms with E-state index in [1.807, 2.05) is 0 Å². The molecule has 0 aliphatic heterocycles. The number of amides is 1. The van der Waals surface area contributed by atoms with E-state index in [9.17, 15) is 4.79 Å². The second kappa shape index (κ2) is 4.81. The molecule has 19 heavy (non-hydrogen) atoms. The van der Waals surface area contributed by atoms with Gasteiger partial charge in [0, 0.05) is 24.4 Å². The van der Waals surface area contributed by atoms with Gasteiger partial charge in [-0.25, -0.2) is 0 Å². The molecule has 0 saturated heterocycles. The SMILES string of the molecule is O=C(NCc1cn[nH]c1)c1cc(-c2ccco2)on1. The summed E-state index contributed by atoms with van der Waals surface area (Å²) in [5.41, 5.74) is 1.08. The summed E-state index contributed by atoms with van der Waals surface area (Å²) in [4.78, 5) is 11.8. The van der Waals surface area contributed by atoms with Crippen molar-refractivity contribution in [3.63, 3.8) is 0 Å². The molecule has 1 amide bonds. The van der Waals surface area contributed by atoms with E-state index >= 15 is 0 Å². The molecule has 0 aromatic carbocycles. The number of rotatable bonds is 4. The van der Waals surface area contributed by atoms with Crippen molar-refractivity contribution >= 4 is 5.91 Å². The van der Waals surface area contributed by atoms with Gasteiger partial charge in [0.05, 0.1) is 12.5 Å². The molecule has 0 fully saturated rings. The molecule has 3 rings (SSSR count). The Hall–Kier alpha value is -2.83. The molecule has 0 saturated carbocycles. The minimum Gasteiger partial charge on any atom is -0.461 e. The van der Waals surface area contributed by atoms with E-state index in [-0.39, 0.29) is 11.6 Å². The summed E-state index contributed by atoms with van der Waals surface area (Å²) < 4.78 is 10.2. The molecule has 7 nitrogen and oxygen atoms in total. The van der Waals surface area contributed by atoms with Crippen molar-refractivity contribution in [3.05, 3.63) is 48.1 Å². The fraction of sp³-hybridized carbons (Fsp3) is 0.0833. The monoisotopic (exact) mass is 258 g/mol. The van der Waals surface area contributed by atoms with E-state index < -0.39 is 0 Å². The van der Waals surface area contributed by atoms with Crippen molar-refractivity contribution in [3.8, 4) is 11.5 Å². The lowest BCUT2D eigenvalue weighted by molar-refractivity contribution is 0.0942. The predicted octanol–water partition coefficient (Wildman–Crippen LogP) is 1.59. The molecule has 0 bridgehead atoms. The Balaban J connectivity index is 1.67. The number of H-pyrrole nitrogens is 1. The van der Waals surface area contributed by atoms with Crippen LogP contribution in [0, 0.1) is 0 Å². The van der Waals surface area contributed by atoms with Crippen LogP contribution in [0.2, 0.25) is 0 Å². The average Bonchev–Trinajstić information content (AvgIpc) is 3.14. The Bertz CT molecular complexity index is 655. The van der Waals surface area contributed by atoms with Gasteiger partial charge in [-0.3, -0.25) is 9.89 Å². The largest absolute Gasteiger partial charge is 0.461 e. The molecular weight excluding hydrogens is 248 g/mol. The molecule has 0 aliphatic rings. The highest BCUT2D eigenvalue weighted by Crippen LogP contribution is 2.20. The molecule has 3 aromatic rings. The number of aromatic amines is 1. The summed E-state index contributed by atoms with van der Waals surface area (Å²) in [7, 11) is 0. The van der Waals surface area contributed by atoms with E-state index in [0.717, 1.165) is 5.56 Å². The Kier molecular flexibility index (Phi) is 2.85. The van der Waals surface area contributed by atoms with E-state index in [1.54, 1.807) is 24.5 Å². The molecule has 3 aromatic heterocycles. The normalized spacial score (nSPS) is 10.5. The van der Waals surface area contributed by atoms with Crippen LogP contribution in [0.1, 0.15) is 16.1 Å². The van der Waals surface area contributed by atoms with Gasteiger partial charge in [0.15, 0.2) is 11.5 Å². The van der Waals surface area contributed by atoms with Crippen molar-refractivity contribution < 1.29 is 13.7 Å². The lowest BCUT2D eigenvalue weighted by atomic mass is 10.3. The number of nitrogens with one attached hydrogen (secondary N) is 2. The van der Waals surface area contributed by atoms with E-state index in [1.165, 1.54) is 12.3 Å². The molecule has 0 unspecified atom stereocenters. The fourth-order valence-electron chi connectivity index (χ4n) is 1.56. The minimum absolute atomic E-state index is 0.204. The van der Waals surface area contributed by atoms with Gasteiger partial charge in [0.1, 0.15) is 0 Å². The van der Waals surface area contributed by atoms with Crippen LogP contribution < -0.4 is 5.32 Å². The smallest absolute Gasteiger partial charge is 0.273 e. The quantitative estimate of drug-likeness (QED) is 0.740. The molecule has 96 valence electrons. The number of carbonyl (C=O) groups excluding carboxylic acids is 1. The van der Waals surface area contributed by atoms with Crippen molar-refractivity contribution in [2.75, 3.05) is 0 Å². The molecule has 0 atom stereocenters. The zero-order valence-corrected chi connectivity index (χ0v) is 9.79. The summed E-state index contributed by atoms with van der Waals surface area (Å²) in [6, 6.07) is 4.99. The van der Waals surface area contributed by atoms with Gasteiger partial charge in [-0.15, -0.1) is 0 Å². The van der Waals surface area contributed by atoms with Gasteiger partial charge in [-0.2, -0.15) is 5.10 Å². The van der Waals surface area contributed by atoms with Crippen LogP contribution >= 0.6 is 0 Å². The zero-order chi connectivity index (χ0) is 13.1. The third kappa shape index (κ3) is 2.39. The van der Waals surface area contributed by atoms with E-state index in [4.69, 9.17) is 8.94 Å². The first-order chi connectivity index (χ1) is 9.33. The van der Waals surface area contributed by atoms with Crippen LogP contribution in [0.3, 0.4) is 0 Å². The van der Waals surface area contributed by atoms with Gasteiger partial charge in [-0.05, 0) is 12.1 Å². The lowest BCUT2D eigenvalue weighted by Crippen LogP contribution is -2.22. The van der Waals surface area contributed by atoms with Crippen LogP contribution in [0.4, 0.5) is 0 Å². The van der Waals surface area contributed by atoms with Crippen LogP contribution in [0.15, 0.2) is 45.8 Å². The van der Waals surface area contributed by atoms with Crippen molar-refractivity contribution in [2.45, 2.75) is 6.54 Å². The van der Waals surface area contributed by atoms with Crippen molar-refractivity contribution in [2.24, 2.45) is 0 Å². The number of hydrogen-bond donors (Lipinski definition) is 2. The first-order valence-electron chi connectivity index (χ1n) is 5.59. The topological polar surface area (TPSA) is 97.0 Å². The summed E-state index contributed by atoms with van der Waals surface area (Å²) in [6.45, 7) is 0.373. The maximum Gasteiger partial charge on any atom is 0.273 e. The second-order valence-electron chi connectivity index (χ2n) is 3.84. The summed E-state index contributed by atoms with van der Waals surface area (Å²) in [5.74, 6) is 0.627. The summed E-state index contributed by atoms with van der Waals surface area (Å²) >= 11 is 0. The molecule has 0 spiro atoms. The van der Waals surface area contributed by atoms with Crippen molar-refractivity contribution in [1.29, 1.82) is 0 Å².